The van der Waals surface area contributed by atoms with Crippen molar-refractivity contribution in [3.05, 3.63) is 12.2 Å². The number of esters is 1. The van der Waals surface area contributed by atoms with Crippen LogP contribution in [0.25, 0.3) is 0 Å². The maximum atomic E-state index is 11.8. The van der Waals surface area contributed by atoms with E-state index in [2.05, 4.69) is 17.1 Å². The third-order valence-corrected chi connectivity index (χ3v) is 3.77. The molecule has 1 aliphatic carbocycles. The summed E-state index contributed by atoms with van der Waals surface area (Å²) in [5.74, 6) is 0.0935. The van der Waals surface area contributed by atoms with E-state index in [0.717, 1.165) is 25.9 Å². The molecule has 0 aromatic heterocycles. The number of piperidine rings is 1. The average Bonchev–Trinajstić information content (AvgIpc) is 2.40. The van der Waals surface area contributed by atoms with Gasteiger partial charge in [-0.05, 0) is 45.6 Å². The molecule has 1 aliphatic heterocycles. The molecule has 1 fully saturated rings. The first-order chi connectivity index (χ1) is 8.31. The van der Waals surface area contributed by atoms with Gasteiger partial charge in [-0.1, -0.05) is 12.2 Å². The summed E-state index contributed by atoms with van der Waals surface area (Å²) in [6, 6.07) is 0.556. The van der Waals surface area contributed by atoms with E-state index in [0.29, 0.717) is 12.6 Å². The first-order valence-electron chi connectivity index (χ1n) is 6.88. The van der Waals surface area contributed by atoms with E-state index in [1.807, 2.05) is 6.92 Å². The monoisotopic (exact) mass is 237 g/mol. The molecule has 3 heteroatoms. The number of carbonyl (C=O) groups is 1. The van der Waals surface area contributed by atoms with Crippen LogP contribution in [0.4, 0.5) is 0 Å². The molecule has 0 aromatic rings. The van der Waals surface area contributed by atoms with Gasteiger partial charge in [0.25, 0.3) is 0 Å². The van der Waals surface area contributed by atoms with Crippen molar-refractivity contribution in [1.82, 2.24) is 4.90 Å². The van der Waals surface area contributed by atoms with Crippen LogP contribution in [0.1, 0.15) is 39.0 Å². The zero-order valence-corrected chi connectivity index (χ0v) is 10.7. The maximum Gasteiger partial charge on any atom is 0.310 e. The molecule has 0 N–H and O–H groups in total. The molecule has 2 aliphatic rings. The van der Waals surface area contributed by atoms with Crippen molar-refractivity contribution in [2.75, 3.05) is 19.7 Å². The van der Waals surface area contributed by atoms with E-state index >= 15 is 0 Å². The lowest BCUT2D eigenvalue weighted by molar-refractivity contribution is -0.150. The van der Waals surface area contributed by atoms with Crippen LogP contribution in [0, 0.1) is 5.92 Å². The van der Waals surface area contributed by atoms with Crippen molar-refractivity contribution in [2.24, 2.45) is 5.92 Å². The van der Waals surface area contributed by atoms with E-state index in [4.69, 9.17) is 4.74 Å². The quantitative estimate of drug-likeness (QED) is 0.557. The highest BCUT2D eigenvalue weighted by Crippen LogP contribution is 2.24. The zero-order chi connectivity index (χ0) is 12.1. The number of nitrogens with zero attached hydrogens (tertiary/aromatic N) is 1. The fraction of sp³-hybridized carbons (Fsp3) is 0.786. The van der Waals surface area contributed by atoms with E-state index in [1.54, 1.807) is 0 Å². The minimum absolute atomic E-state index is 0.00279. The predicted molar refractivity (Wildman–Crippen MR) is 67.7 cm³/mol. The maximum absolute atomic E-state index is 11.8. The van der Waals surface area contributed by atoms with Gasteiger partial charge in [-0.15, -0.1) is 0 Å². The van der Waals surface area contributed by atoms with E-state index in [-0.39, 0.29) is 11.9 Å². The van der Waals surface area contributed by atoms with E-state index in [9.17, 15) is 4.79 Å². The third kappa shape index (κ3) is 3.32. The fourth-order valence-corrected chi connectivity index (χ4v) is 2.86. The first kappa shape index (κ1) is 12.6. The Bertz CT molecular complexity index is 288. The van der Waals surface area contributed by atoms with Gasteiger partial charge in [0.05, 0.1) is 12.5 Å². The topological polar surface area (TPSA) is 29.5 Å². The van der Waals surface area contributed by atoms with Gasteiger partial charge in [0.15, 0.2) is 0 Å². The number of hydrogen-bond acceptors (Lipinski definition) is 3. The fourth-order valence-electron chi connectivity index (χ4n) is 2.86. The highest BCUT2D eigenvalue weighted by atomic mass is 16.5. The Hall–Kier alpha value is -0.830. The summed E-state index contributed by atoms with van der Waals surface area (Å²) in [5.41, 5.74) is 0. The second-order valence-corrected chi connectivity index (χ2v) is 5.01. The normalized spacial score (nSPS) is 30.2. The number of rotatable bonds is 3. The molecule has 0 spiro atoms. The Kier molecular flexibility index (Phi) is 4.60. The van der Waals surface area contributed by atoms with Crippen molar-refractivity contribution in [3.63, 3.8) is 0 Å². The van der Waals surface area contributed by atoms with Gasteiger partial charge >= 0.3 is 5.97 Å². The van der Waals surface area contributed by atoms with Crippen LogP contribution in [-0.2, 0) is 9.53 Å². The van der Waals surface area contributed by atoms with Gasteiger partial charge in [0, 0.05) is 12.6 Å². The van der Waals surface area contributed by atoms with Crippen molar-refractivity contribution >= 4 is 5.97 Å². The third-order valence-electron chi connectivity index (χ3n) is 3.77. The predicted octanol–water partition coefficient (Wildman–Crippen LogP) is 2.37. The molecular formula is C14H23NO2. The van der Waals surface area contributed by atoms with Gasteiger partial charge in [-0.25, -0.2) is 0 Å². The molecule has 96 valence electrons. The minimum atomic E-state index is -0.00279. The first-order valence-corrected chi connectivity index (χ1v) is 6.88. The molecule has 0 bridgehead atoms. The Balaban J connectivity index is 1.89. The Morgan fingerprint density at radius 1 is 1.41 bits per heavy atom. The number of carbonyl (C=O) groups excluding carboxylic acids is 1. The zero-order valence-electron chi connectivity index (χ0n) is 10.7. The Labute approximate surface area is 104 Å². The SMILES string of the molecule is CCOC(=O)[C@@H]1CCCN(C2C=CCCC2)C1. The summed E-state index contributed by atoms with van der Waals surface area (Å²) in [7, 11) is 0. The van der Waals surface area contributed by atoms with Gasteiger partial charge in [-0.3, -0.25) is 9.69 Å². The van der Waals surface area contributed by atoms with Crippen LogP contribution in [0.5, 0.6) is 0 Å². The molecule has 3 nitrogen and oxygen atoms in total. The highest BCUT2D eigenvalue weighted by molar-refractivity contribution is 5.72. The standard InChI is InChI=1S/C14H23NO2/c1-2-17-14(16)12-7-6-10-15(11-12)13-8-4-3-5-9-13/h4,8,12-13H,2-3,5-7,9-11H2,1H3/t12-,13?/m1/s1. The molecule has 0 aromatic carbocycles. The van der Waals surface area contributed by atoms with Crippen molar-refractivity contribution in [1.29, 1.82) is 0 Å². The average molecular weight is 237 g/mol. The lowest BCUT2D eigenvalue weighted by Crippen LogP contribution is -2.44. The largest absolute Gasteiger partial charge is 0.466 e. The van der Waals surface area contributed by atoms with E-state index in [1.165, 1.54) is 19.3 Å². The Morgan fingerprint density at radius 3 is 3.00 bits per heavy atom. The van der Waals surface area contributed by atoms with Gasteiger partial charge in [-0.2, -0.15) is 0 Å². The molecule has 2 rings (SSSR count). The summed E-state index contributed by atoms with van der Waals surface area (Å²) >= 11 is 0. The minimum Gasteiger partial charge on any atom is -0.466 e. The highest BCUT2D eigenvalue weighted by Gasteiger charge is 2.29. The van der Waals surface area contributed by atoms with E-state index < -0.39 is 0 Å². The number of hydrogen-bond donors (Lipinski definition) is 0. The molecule has 0 amide bonds. The number of allylic oxidation sites excluding steroid dienone is 1. The lowest BCUT2D eigenvalue weighted by Gasteiger charge is -2.37. The van der Waals surface area contributed by atoms with Crippen LogP contribution in [0.3, 0.4) is 0 Å². The van der Waals surface area contributed by atoms with Crippen molar-refractivity contribution in [3.8, 4) is 0 Å². The molecule has 1 unspecified atom stereocenters. The molecule has 0 saturated carbocycles. The van der Waals surface area contributed by atoms with Crippen molar-refractivity contribution < 1.29 is 9.53 Å². The van der Waals surface area contributed by atoms with Crippen LogP contribution in [-0.4, -0.2) is 36.6 Å². The van der Waals surface area contributed by atoms with Crippen LogP contribution < -0.4 is 0 Å². The van der Waals surface area contributed by atoms with Crippen LogP contribution in [0.15, 0.2) is 12.2 Å². The molecule has 1 saturated heterocycles. The van der Waals surface area contributed by atoms with Crippen LogP contribution >= 0.6 is 0 Å². The number of likely N-dealkylation sites (tertiary alicyclic amines) is 1. The van der Waals surface area contributed by atoms with Gasteiger partial charge < -0.3 is 4.74 Å². The molecule has 0 radical (unpaired) electrons. The lowest BCUT2D eigenvalue weighted by atomic mass is 9.94. The van der Waals surface area contributed by atoms with Gasteiger partial charge in [0.2, 0.25) is 0 Å². The molecule has 1 heterocycles. The van der Waals surface area contributed by atoms with Gasteiger partial charge in [0.1, 0.15) is 0 Å². The summed E-state index contributed by atoms with van der Waals surface area (Å²) in [4.78, 5) is 14.2. The summed E-state index contributed by atoms with van der Waals surface area (Å²) in [6.07, 6.45) is 10.4. The smallest absolute Gasteiger partial charge is 0.310 e. The Morgan fingerprint density at radius 2 is 2.29 bits per heavy atom. The second kappa shape index (κ2) is 6.20. The van der Waals surface area contributed by atoms with Crippen LogP contribution in [0.2, 0.25) is 0 Å². The molecule has 2 atom stereocenters. The van der Waals surface area contributed by atoms with Crippen molar-refractivity contribution in [2.45, 2.75) is 45.1 Å². The molecule has 17 heavy (non-hydrogen) atoms. The molecular weight excluding hydrogens is 214 g/mol. The second-order valence-electron chi connectivity index (χ2n) is 5.01. The summed E-state index contributed by atoms with van der Waals surface area (Å²) in [6.45, 7) is 4.39. The number of ether oxygens (including phenoxy) is 1. The summed E-state index contributed by atoms with van der Waals surface area (Å²) < 4.78 is 5.13. The summed E-state index contributed by atoms with van der Waals surface area (Å²) in [5, 5.41) is 0.